The van der Waals surface area contributed by atoms with Crippen molar-refractivity contribution in [1.82, 2.24) is 0 Å². The second-order valence-electron chi connectivity index (χ2n) is 13.9. The molecule has 2 heterocycles. The molecule has 0 bridgehead atoms. The predicted molar refractivity (Wildman–Crippen MR) is 209 cm³/mol. The van der Waals surface area contributed by atoms with Crippen molar-refractivity contribution in [2.75, 3.05) is 13.7 Å². The highest BCUT2D eigenvalue weighted by Gasteiger charge is 2.54. The lowest BCUT2D eigenvalue weighted by Crippen LogP contribution is -2.65. The Hall–Kier alpha value is -3.79. The van der Waals surface area contributed by atoms with E-state index >= 15 is 0 Å². The molecule has 0 spiro atoms. The van der Waals surface area contributed by atoms with E-state index in [1.807, 2.05) is 111 Å². The first-order valence-electron chi connectivity index (χ1n) is 18.9. The van der Waals surface area contributed by atoms with Gasteiger partial charge in [0.05, 0.1) is 38.6 Å². The summed E-state index contributed by atoms with van der Waals surface area (Å²) < 4.78 is 85.7. The first-order chi connectivity index (χ1) is 27.2. The van der Waals surface area contributed by atoms with Gasteiger partial charge in [0.25, 0.3) is 10.1 Å². The van der Waals surface area contributed by atoms with E-state index in [9.17, 15) is 8.42 Å². The lowest BCUT2D eigenvalue weighted by molar-refractivity contribution is -0.362. The van der Waals surface area contributed by atoms with Crippen molar-refractivity contribution < 1.29 is 50.5 Å². The molecule has 0 amide bonds. The minimum atomic E-state index is -4.25. The third kappa shape index (κ3) is 11.4. The third-order valence-corrected chi connectivity index (χ3v) is 10.9. The molecular weight excluding hydrogens is 737 g/mol. The van der Waals surface area contributed by atoms with Crippen LogP contribution in [0.2, 0.25) is 0 Å². The highest BCUT2D eigenvalue weighted by atomic mass is 32.2. The molecule has 300 valence electrons. The number of hydrogen-bond acceptors (Lipinski definition) is 11. The minimum Gasteiger partial charge on any atom is -0.368 e. The fourth-order valence-electron chi connectivity index (χ4n) is 6.94. The molecule has 11 nitrogen and oxygen atoms in total. The quantitative estimate of drug-likeness (QED) is 0.0742. The van der Waals surface area contributed by atoms with Gasteiger partial charge >= 0.3 is 0 Å². The van der Waals surface area contributed by atoms with Crippen LogP contribution in [0.4, 0.5) is 0 Å². The van der Waals surface area contributed by atoms with Crippen LogP contribution in [-0.4, -0.2) is 83.5 Å². The average Bonchev–Trinajstić information content (AvgIpc) is 3.21. The highest BCUT2D eigenvalue weighted by Crippen LogP contribution is 2.36. The molecule has 4 aromatic carbocycles. The zero-order valence-corrected chi connectivity index (χ0v) is 32.9. The monoisotopic (exact) mass is 788 g/mol. The Labute approximate surface area is 330 Å². The van der Waals surface area contributed by atoms with Crippen LogP contribution >= 0.6 is 0 Å². The maximum absolute atomic E-state index is 14.0. The molecule has 6 rings (SSSR count). The number of methoxy groups -OCH3 is 1. The van der Waals surface area contributed by atoms with Crippen LogP contribution in [0.3, 0.4) is 0 Å². The van der Waals surface area contributed by atoms with E-state index in [0.717, 1.165) is 16.7 Å². The summed E-state index contributed by atoms with van der Waals surface area (Å²) in [6.07, 6.45) is -7.30. The smallest absolute Gasteiger partial charge is 0.272 e. The Morgan fingerprint density at radius 3 is 1.45 bits per heavy atom. The van der Waals surface area contributed by atoms with E-state index in [1.54, 1.807) is 30.3 Å². The summed E-state index contributed by atoms with van der Waals surface area (Å²) in [5.41, 5.74) is 3.35. The van der Waals surface area contributed by atoms with Gasteiger partial charge in [-0.2, -0.15) is 8.42 Å². The second-order valence-corrected chi connectivity index (χ2v) is 15.5. The largest absolute Gasteiger partial charge is 0.368 e. The Morgan fingerprint density at radius 2 is 0.982 bits per heavy atom. The molecule has 4 aromatic rings. The van der Waals surface area contributed by atoms with Gasteiger partial charge in [0.15, 0.2) is 18.7 Å². The Kier molecular flexibility index (Phi) is 15.4. The van der Waals surface area contributed by atoms with Crippen molar-refractivity contribution >= 4 is 10.1 Å². The first-order valence-corrected chi connectivity index (χ1v) is 20.5. The Balaban J connectivity index is 1.36. The molecule has 2 fully saturated rings. The standard InChI is InChI=1S/C44H52O11S/c1-5-26-48-39-37(49-27-33-18-10-6-11-19-33)31(2)53-44(42(39)55-56(45,46)30-36-24-16-9-17-25-36)54-40-38(50-28-34-20-12-7-13-21-34)32(3)52-43(47-4)41(40)51-29-35-22-14-8-15-23-35/h5-25,31-32,37-44H,1,26-30H2,2-4H3/t31-,32-,37-,38-,39+,40+,41+,42+,43+,44-/m1/s1. The van der Waals surface area contributed by atoms with E-state index in [-0.39, 0.29) is 32.2 Å². The van der Waals surface area contributed by atoms with Crippen LogP contribution in [0, 0.1) is 0 Å². The van der Waals surface area contributed by atoms with Crippen molar-refractivity contribution in [3.63, 3.8) is 0 Å². The molecule has 2 aliphatic heterocycles. The highest BCUT2D eigenvalue weighted by molar-refractivity contribution is 7.85. The van der Waals surface area contributed by atoms with E-state index in [4.69, 9.17) is 42.1 Å². The van der Waals surface area contributed by atoms with Gasteiger partial charge in [-0.05, 0) is 36.1 Å². The summed E-state index contributed by atoms with van der Waals surface area (Å²) >= 11 is 0. The number of ether oxygens (including phenoxy) is 8. The normalized spacial score (nSPS) is 28.1. The van der Waals surface area contributed by atoms with Crippen LogP contribution in [0.15, 0.2) is 134 Å². The van der Waals surface area contributed by atoms with Crippen LogP contribution in [0.25, 0.3) is 0 Å². The van der Waals surface area contributed by atoms with Crippen LogP contribution in [-0.2, 0) is 77.8 Å². The topological polar surface area (TPSA) is 117 Å². The molecule has 56 heavy (non-hydrogen) atoms. The predicted octanol–water partition coefficient (Wildman–Crippen LogP) is 6.75. The zero-order valence-electron chi connectivity index (χ0n) is 32.0. The van der Waals surface area contributed by atoms with Crippen LogP contribution in [0.5, 0.6) is 0 Å². The fraction of sp³-hybridized carbons (Fsp3) is 0.409. The van der Waals surface area contributed by atoms with Gasteiger partial charge in [-0.3, -0.25) is 4.18 Å². The van der Waals surface area contributed by atoms with Gasteiger partial charge in [0.2, 0.25) is 0 Å². The van der Waals surface area contributed by atoms with E-state index in [2.05, 4.69) is 6.58 Å². The van der Waals surface area contributed by atoms with E-state index in [1.165, 1.54) is 7.11 Å². The van der Waals surface area contributed by atoms with Crippen molar-refractivity contribution in [3.8, 4) is 0 Å². The molecule has 0 aliphatic carbocycles. The van der Waals surface area contributed by atoms with E-state index in [0.29, 0.717) is 5.56 Å². The number of hydrogen-bond donors (Lipinski definition) is 0. The number of benzene rings is 4. The van der Waals surface area contributed by atoms with Gasteiger partial charge in [-0.1, -0.05) is 127 Å². The van der Waals surface area contributed by atoms with Crippen molar-refractivity contribution in [2.45, 2.75) is 101 Å². The molecular formula is C44H52O11S. The lowest BCUT2D eigenvalue weighted by Gasteiger charge is -2.49. The SMILES string of the molecule is C=CCO[C@@H]1[C@H](OS(=O)(=O)Cc2ccccc2)[C@@H](O[C@@H]2[C@H](OCc3ccccc3)[C@@H](OC)O[C@H](C)[C@H]2OCc2ccccc2)O[C@H](C)[C@H]1OCc1ccccc1. The molecule has 2 aliphatic rings. The molecule has 0 N–H and O–H groups in total. The summed E-state index contributed by atoms with van der Waals surface area (Å²) in [5.74, 6) is -0.387. The number of rotatable bonds is 19. The van der Waals surface area contributed by atoms with Gasteiger partial charge in [-0.15, -0.1) is 6.58 Å². The third-order valence-electron chi connectivity index (χ3n) is 9.68. The molecule has 0 unspecified atom stereocenters. The van der Waals surface area contributed by atoms with Gasteiger partial charge in [0.1, 0.15) is 36.3 Å². The molecule has 2 saturated heterocycles. The van der Waals surface area contributed by atoms with Gasteiger partial charge in [-0.25, -0.2) is 0 Å². The minimum absolute atomic E-state index is 0.0829. The van der Waals surface area contributed by atoms with Gasteiger partial charge < -0.3 is 37.9 Å². The van der Waals surface area contributed by atoms with Crippen LogP contribution in [0.1, 0.15) is 36.1 Å². The van der Waals surface area contributed by atoms with E-state index < -0.39 is 71.5 Å². The Morgan fingerprint density at radius 1 is 0.554 bits per heavy atom. The van der Waals surface area contributed by atoms with Crippen molar-refractivity contribution in [1.29, 1.82) is 0 Å². The summed E-state index contributed by atoms with van der Waals surface area (Å²) in [7, 11) is -2.72. The lowest BCUT2D eigenvalue weighted by atomic mass is 9.96. The summed E-state index contributed by atoms with van der Waals surface area (Å²) in [4.78, 5) is 0. The Bertz CT molecular complexity index is 1850. The molecule has 0 saturated carbocycles. The fourth-order valence-corrected chi connectivity index (χ4v) is 8.15. The summed E-state index contributed by atoms with van der Waals surface area (Å²) in [6.45, 7) is 8.31. The average molecular weight is 789 g/mol. The van der Waals surface area contributed by atoms with Gasteiger partial charge in [0, 0.05) is 7.11 Å². The maximum Gasteiger partial charge on any atom is 0.272 e. The molecule has 10 atom stereocenters. The molecule has 0 radical (unpaired) electrons. The second kappa shape index (κ2) is 20.6. The molecule has 0 aromatic heterocycles. The van der Waals surface area contributed by atoms with Crippen molar-refractivity contribution in [2.24, 2.45) is 0 Å². The summed E-state index contributed by atoms with van der Waals surface area (Å²) in [5, 5.41) is 0. The maximum atomic E-state index is 14.0. The summed E-state index contributed by atoms with van der Waals surface area (Å²) in [6, 6.07) is 37.9. The molecule has 12 heteroatoms. The first kappa shape index (κ1) is 41.8. The zero-order chi connectivity index (χ0) is 39.3. The van der Waals surface area contributed by atoms with Crippen molar-refractivity contribution in [3.05, 3.63) is 156 Å². The van der Waals surface area contributed by atoms with Crippen LogP contribution < -0.4 is 0 Å².